The Kier molecular flexibility index (Phi) is 8.18. The molecule has 0 saturated carbocycles. The van der Waals surface area contributed by atoms with Crippen LogP contribution in [0.4, 0.5) is 4.39 Å². The van der Waals surface area contributed by atoms with Crippen LogP contribution in [0.2, 0.25) is 0 Å². The molecule has 0 bridgehead atoms. The van der Waals surface area contributed by atoms with Gasteiger partial charge in [-0.1, -0.05) is 13.0 Å². The molecule has 0 heterocycles. The molecule has 0 aromatic heterocycles. The summed E-state index contributed by atoms with van der Waals surface area (Å²) in [4.78, 5) is 11.9. The normalized spacial score (nSPS) is 13.1. The molecule has 0 aliphatic heterocycles. The molecule has 4 nitrogen and oxygen atoms in total. The van der Waals surface area contributed by atoms with E-state index >= 15 is 0 Å². The summed E-state index contributed by atoms with van der Waals surface area (Å²) >= 11 is 0. The van der Waals surface area contributed by atoms with Crippen LogP contribution in [0.3, 0.4) is 0 Å². The lowest BCUT2D eigenvalue weighted by Crippen LogP contribution is -2.36. The number of nitrogens with one attached hydrogen (secondary N) is 2. The van der Waals surface area contributed by atoms with Gasteiger partial charge in [0.25, 0.3) is 0 Å². The molecule has 1 rings (SSSR count). The van der Waals surface area contributed by atoms with Gasteiger partial charge in [-0.3, -0.25) is 4.79 Å². The van der Waals surface area contributed by atoms with Gasteiger partial charge in [-0.15, -0.1) is 12.4 Å². The van der Waals surface area contributed by atoms with Crippen LogP contribution >= 0.6 is 12.4 Å². The minimum atomic E-state index is -0.442. The molecule has 0 radical (unpaired) electrons. The van der Waals surface area contributed by atoms with E-state index in [0.717, 1.165) is 0 Å². The van der Waals surface area contributed by atoms with Crippen molar-refractivity contribution in [3.05, 3.63) is 29.6 Å². The minimum absolute atomic E-state index is 0. The fourth-order valence-corrected chi connectivity index (χ4v) is 1.94. The second-order valence-electron chi connectivity index (χ2n) is 4.54. The number of carbonyl (C=O) groups excluding carboxylic acids is 1. The lowest BCUT2D eigenvalue weighted by Gasteiger charge is -2.20. The number of ether oxygens (including phenoxy) is 1. The largest absolute Gasteiger partial charge is 0.496 e. The predicted molar refractivity (Wildman–Crippen MR) is 79.8 cm³/mol. The van der Waals surface area contributed by atoms with E-state index in [9.17, 15) is 9.18 Å². The van der Waals surface area contributed by atoms with E-state index in [2.05, 4.69) is 10.6 Å². The van der Waals surface area contributed by atoms with Crippen LogP contribution in [-0.4, -0.2) is 26.6 Å². The molecule has 6 heteroatoms. The van der Waals surface area contributed by atoms with Crippen molar-refractivity contribution in [2.45, 2.75) is 19.9 Å². The van der Waals surface area contributed by atoms with Crippen LogP contribution in [0.15, 0.2) is 18.2 Å². The third kappa shape index (κ3) is 4.65. The second kappa shape index (κ2) is 8.76. The Balaban J connectivity index is 0.00000361. The third-order valence-electron chi connectivity index (χ3n) is 2.98. The first-order valence-electron chi connectivity index (χ1n) is 6.28. The highest BCUT2D eigenvalue weighted by atomic mass is 35.5. The van der Waals surface area contributed by atoms with E-state index in [0.29, 0.717) is 17.9 Å². The van der Waals surface area contributed by atoms with Gasteiger partial charge < -0.3 is 15.4 Å². The molecular formula is C14H22ClFN2O2. The van der Waals surface area contributed by atoms with Crippen molar-refractivity contribution in [1.29, 1.82) is 0 Å². The van der Waals surface area contributed by atoms with Crippen LogP contribution in [0.25, 0.3) is 0 Å². The number of hydrogen-bond acceptors (Lipinski definition) is 3. The number of benzene rings is 1. The quantitative estimate of drug-likeness (QED) is 0.848. The summed E-state index contributed by atoms with van der Waals surface area (Å²) in [6, 6.07) is 4.17. The predicted octanol–water partition coefficient (Wildman–Crippen LogP) is 2.29. The first-order valence-corrected chi connectivity index (χ1v) is 6.28. The summed E-state index contributed by atoms with van der Waals surface area (Å²) in [7, 11) is 3.27. The van der Waals surface area contributed by atoms with Crippen molar-refractivity contribution >= 4 is 18.3 Å². The summed E-state index contributed by atoms with van der Waals surface area (Å²) in [5, 5.41) is 5.73. The van der Waals surface area contributed by atoms with Crippen LogP contribution in [0, 0.1) is 11.7 Å². The Bertz CT molecular complexity index is 443. The topological polar surface area (TPSA) is 50.4 Å². The van der Waals surface area contributed by atoms with E-state index in [1.54, 1.807) is 26.1 Å². The van der Waals surface area contributed by atoms with Gasteiger partial charge in [-0.2, -0.15) is 0 Å². The highest BCUT2D eigenvalue weighted by Crippen LogP contribution is 2.27. The second-order valence-corrected chi connectivity index (χ2v) is 4.54. The van der Waals surface area contributed by atoms with Gasteiger partial charge in [0.15, 0.2) is 0 Å². The SMILES string of the molecule is CNCC(C)C(=O)NC(C)c1c(F)cccc1OC.Cl. The van der Waals surface area contributed by atoms with Crippen molar-refractivity contribution in [3.63, 3.8) is 0 Å². The lowest BCUT2D eigenvalue weighted by molar-refractivity contribution is -0.125. The Hall–Kier alpha value is -1.33. The van der Waals surface area contributed by atoms with Gasteiger partial charge in [0, 0.05) is 12.5 Å². The van der Waals surface area contributed by atoms with Gasteiger partial charge in [-0.05, 0) is 26.1 Å². The number of amides is 1. The molecule has 2 atom stereocenters. The number of halogens is 2. The molecule has 0 fully saturated rings. The Morgan fingerprint density at radius 3 is 2.60 bits per heavy atom. The zero-order chi connectivity index (χ0) is 14.4. The molecule has 0 aliphatic rings. The average molecular weight is 305 g/mol. The maximum Gasteiger partial charge on any atom is 0.224 e. The molecule has 0 aliphatic carbocycles. The van der Waals surface area contributed by atoms with Crippen molar-refractivity contribution < 1.29 is 13.9 Å². The van der Waals surface area contributed by atoms with Gasteiger partial charge >= 0.3 is 0 Å². The molecule has 2 unspecified atom stereocenters. The fraction of sp³-hybridized carbons (Fsp3) is 0.500. The van der Waals surface area contributed by atoms with Crippen LogP contribution in [-0.2, 0) is 4.79 Å². The Labute approximate surface area is 125 Å². The Morgan fingerprint density at radius 2 is 2.05 bits per heavy atom. The van der Waals surface area contributed by atoms with E-state index < -0.39 is 6.04 Å². The first kappa shape index (κ1) is 18.7. The van der Waals surface area contributed by atoms with Gasteiger partial charge in [0.2, 0.25) is 5.91 Å². The van der Waals surface area contributed by atoms with E-state index in [-0.39, 0.29) is 30.0 Å². The highest BCUT2D eigenvalue weighted by Gasteiger charge is 2.20. The monoisotopic (exact) mass is 304 g/mol. The van der Waals surface area contributed by atoms with Gasteiger partial charge in [0.05, 0.1) is 18.7 Å². The number of hydrogen-bond donors (Lipinski definition) is 2. The van der Waals surface area contributed by atoms with Gasteiger partial charge in [-0.25, -0.2) is 4.39 Å². The van der Waals surface area contributed by atoms with Crippen LogP contribution in [0.5, 0.6) is 5.75 Å². The summed E-state index contributed by atoms with van der Waals surface area (Å²) in [5.41, 5.74) is 0.370. The molecule has 1 aromatic carbocycles. The standard InChI is InChI=1S/C14H21FN2O2.ClH/c1-9(8-16-3)14(18)17-10(2)13-11(15)6-5-7-12(13)19-4;/h5-7,9-10,16H,8H2,1-4H3,(H,17,18);1H. The number of methoxy groups -OCH3 is 1. The summed E-state index contributed by atoms with van der Waals surface area (Å²) in [6.45, 7) is 4.13. The number of carbonyl (C=O) groups is 1. The van der Waals surface area contributed by atoms with Gasteiger partial charge in [0.1, 0.15) is 11.6 Å². The lowest BCUT2D eigenvalue weighted by atomic mass is 10.0. The summed E-state index contributed by atoms with van der Waals surface area (Å²) in [6.07, 6.45) is 0. The van der Waals surface area contributed by atoms with Crippen LogP contribution in [0.1, 0.15) is 25.5 Å². The maximum absolute atomic E-state index is 13.8. The van der Waals surface area contributed by atoms with E-state index in [1.807, 2.05) is 6.92 Å². The van der Waals surface area contributed by atoms with Crippen molar-refractivity contribution in [2.24, 2.45) is 5.92 Å². The molecular weight excluding hydrogens is 283 g/mol. The molecule has 1 aromatic rings. The first-order chi connectivity index (χ1) is 9.01. The Morgan fingerprint density at radius 1 is 1.40 bits per heavy atom. The van der Waals surface area contributed by atoms with E-state index in [1.165, 1.54) is 13.2 Å². The fourth-order valence-electron chi connectivity index (χ4n) is 1.94. The van der Waals surface area contributed by atoms with Crippen LogP contribution < -0.4 is 15.4 Å². The molecule has 0 spiro atoms. The average Bonchev–Trinajstić information content (AvgIpc) is 2.38. The smallest absolute Gasteiger partial charge is 0.224 e. The third-order valence-corrected chi connectivity index (χ3v) is 2.98. The molecule has 2 N–H and O–H groups in total. The zero-order valence-corrected chi connectivity index (χ0v) is 13.0. The highest BCUT2D eigenvalue weighted by molar-refractivity contribution is 5.85. The summed E-state index contributed by atoms with van der Waals surface area (Å²) < 4.78 is 19.0. The minimum Gasteiger partial charge on any atom is -0.496 e. The van der Waals surface area contributed by atoms with E-state index in [4.69, 9.17) is 4.74 Å². The number of rotatable bonds is 6. The molecule has 0 saturated heterocycles. The van der Waals surface area contributed by atoms with Crippen molar-refractivity contribution in [3.8, 4) is 5.75 Å². The van der Waals surface area contributed by atoms with Crippen molar-refractivity contribution in [1.82, 2.24) is 10.6 Å². The molecule has 1 amide bonds. The molecule has 20 heavy (non-hydrogen) atoms. The molecule has 114 valence electrons. The maximum atomic E-state index is 13.8. The van der Waals surface area contributed by atoms with Crippen molar-refractivity contribution in [2.75, 3.05) is 20.7 Å². The summed E-state index contributed by atoms with van der Waals surface area (Å²) in [5.74, 6) is -0.236. The zero-order valence-electron chi connectivity index (χ0n) is 12.2.